The number of hydrogen-bond donors (Lipinski definition) is 7. The Morgan fingerprint density at radius 2 is 1.28 bits per heavy atom. The van der Waals surface area contributed by atoms with Crippen LogP contribution in [0.15, 0.2) is 30.3 Å². The fourth-order valence-electron chi connectivity index (χ4n) is 4.88. The Balaban J connectivity index is 3.04. The first-order valence-corrected chi connectivity index (χ1v) is 17.9. The van der Waals surface area contributed by atoms with Crippen LogP contribution < -0.4 is 26.6 Å². The molecule has 0 aliphatic rings. The highest BCUT2D eigenvalue weighted by molar-refractivity contribution is 7.90. The zero-order valence-corrected chi connectivity index (χ0v) is 29.4. The second kappa shape index (κ2) is 19.2. The lowest BCUT2D eigenvalue weighted by atomic mass is 9.91. The molecule has 1 aromatic rings. The molecule has 7 N–H and O–H groups in total. The molecule has 0 radical (unpaired) electrons. The lowest BCUT2D eigenvalue weighted by molar-refractivity contribution is -0.133. The molecule has 47 heavy (non-hydrogen) atoms. The second-order valence-electron chi connectivity index (χ2n) is 13.2. The number of aliphatic hydroxyl groups is 1. The number of hydrogen-bond acceptors (Lipinski definition) is 8. The van der Waals surface area contributed by atoms with Crippen LogP contribution in [0, 0.1) is 23.7 Å². The third-order valence-corrected chi connectivity index (χ3v) is 8.39. The van der Waals surface area contributed by atoms with Gasteiger partial charge >= 0.3 is 6.09 Å². The highest BCUT2D eigenvalue weighted by Crippen LogP contribution is 2.17. The highest BCUT2D eigenvalue weighted by Gasteiger charge is 2.34. The monoisotopic (exact) mass is 683 g/mol. The molecule has 1 rings (SSSR count). The van der Waals surface area contributed by atoms with Gasteiger partial charge in [0.15, 0.2) is 0 Å². The highest BCUT2D eigenvalue weighted by atomic mass is 32.2. The minimum absolute atomic E-state index is 0.0363. The summed E-state index contributed by atoms with van der Waals surface area (Å²) in [5.74, 6) is -4.93. The Bertz CT molecular complexity index is 1310. The summed E-state index contributed by atoms with van der Waals surface area (Å²) < 4.78 is 24.3. The van der Waals surface area contributed by atoms with E-state index in [0.717, 1.165) is 11.8 Å². The number of carbonyl (C=O) groups is 5. The Labute approximate surface area is 278 Å². The van der Waals surface area contributed by atoms with Gasteiger partial charge in [-0.25, -0.2) is 13.2 Å². The number of sulfone groups is 1. The zero-order chi connectivity index (χ0) is 36.1. The van der Waals surface area contributed by atoms with Crippen molar-refractivity contribution in [3.05, 3.63) is 35.9 Å². The maximum atomic E-state index is 13.4. The molecule has 0 unspecified atom stereocenters. The largest absolute Gasteiger partial charge is 0.465 e. The van der Waals surface area contributed by atoms with Crippen molar-refractivity contribution in [3.63, 3.8) is 0 Å². The first-order chi connectivity index (χ1) is 21.7. The van der Waals surface area contributed by atoms with Crippen molar-refractivity contribution in [1.82, 2.24) is 26.6 Å². The number of aliphatic hydroxyl groups excluding tert-OH is 1. The van der Waals surface area contributed by atoms with E-state index in [1.807, 2.05) is 44.2 Å². The molecule has 14 nitrogen and oxygen atoms in total. The molecule has 0 fully saturated rings. The van der Waals surface area contributed by atoms with Crippen molar-refractivity contribution >= 4 is 39.6 Å². The van der Waals surface area contributed by atoms with Gasteiger partial charge in [-0.05, 0) is 36.2 Å². The Morgan fingerprint density at radius 3 is 1.77 bits per heavy atom. The Kier molecular flexibility index (Phi) is 16.9. The summed E-state index contributed by atoms with van der Waals surface area (Å²) in [5.41, 5.74) is 0.902. The van der Waals surface area contributed by atoms with E-state index < -0.39 is 81.5 Å². The first-order valence-electron chi connectivity index (χ1n) is 15.8. The molecule has 0 spiro atoms. The van der Waals surface area contributed by atoms with Gasteiger partial charge in [-0.2, -0.15) is 0 Å². The molecule has 0 aromatic heterocycles. The van der Waals surface area contributed by atoms with Crippen LogP contribution in [-0.2, 0) is 35.6 Å². The van der Waals surface area contributed by atoms with Crippen molar-refractivity contribution in [1.29, 1.82) is 0 Å². The molecule has 0 saturated carbocycles. The molecule has 15 heteroatoms. The van der Waals surface area contributed by atoms with Crippen molar-refractivity contribution in [2.45, 2.75) is 98.1 Å². The number of amides is 5. The third kappa shape index (κ3) is 15.6. The van der Waals surface area contributed by atoms with Gasteiger partial charge < -0.3 is 36.8 Å². The van der Waals surface area contributed by atoms with E-state index >= 15 is 0 Å². The minimum Gasteiger partial charge on any atom is -0.465 e. The third-order valence-electron chi connectivity index (χ3n) is 7.45. The van der Waals surface area contributed by atoms with Gasteiger partial charge in [-0.3, -0.25) is 19.2 Å². The van der Waals surface area contributed by atoms with E-state index in [9.17, 15) is 37.5 Å². The van der Waals surface area contributed by atoms with Crippen molar-refractivity contribution in [2.24, 2.45) is 23.7 Å². The first kappa shape index (κ1) is 41.3. The van der Waals surface area contributed by atoms with E-state index in [1.165, 1.54) is 0 Å². The van der Waals surface area contributed by atoms with Crippen LogP contribution in [0.5, 0.6) is 0 Å². The summed E-state index contributed by atoms with van der Waals surface area (Å²) >= 11 is 0. The number of carboxylic acid groups (broad SMARTS) is 1. The Morgan fingerprint density at radius 1 is 0.723 bits per heavy atom. The summed E-state index contributed by atoms with van der Waals surface area (Å²) in [4.78, 5) is 63.6. The molecular weight excluding hydrogens is 630 g/mol. The van der Waals surface area contributed by atoms with Gasteiger partial charge in [0.05, 0.1) is 17.9 Å². The average Bonchev–Trinajstić information content (AvgIpc) is 2.95. The normalized spacial score (nSPS) is 15.6. The fourth-order valence-corrected chi connectivity index (χ4v) is 5.72. The SMILES string of the molecule is CC(C)C[C@H](NC(=O)[C@H](CS(C)(=O)=O)NC(=O)[C@@H](NC(=O)O)C(C)C)[C@@H](O)C[C@@H](C)C(=O)N[C@H](C(=O)NCc1ccccc1)C(C)C. The molecule has 1 aromatic carbocycles. The maximum absolute atomic E-state index is 13.4. The Hall–Kier alpha value is -3.72. The lowest BCUT2D eigenvalue weighted by Crippen LogP contribution is -2.59. The van der Waals surface area contributed by atoms with Crippen LogP contribution in [-0.4, -0.2) is 90.6 Å². The number of benzene rings is 1. The second-order valence-corrected chi connectivity index (χ2v) is 15.4. The van der Waals surface area contributed by atoms with Gasteiger partial charge in [-0.1, -0.05) is 78.8 Å². The van der Waals surface area contributed by atoms with Gasteiger partial charge in [0.2, 0.25) is 23.6 Å². The smallest absolute Gasteiger partial charge is 0.405 e. The van der Waals surface area contributed by atoms with Gasteiger partial charge in [-0.15, -0.1) is 0 Å². The zero-order valence-electron chi connectivity index (χ0n) is 28.6. The molecule has 266 valence electrons. The summed E-state index contributed by atoms with van der Waals surface area (Å²) in [6, 6.07) is 4.72. The van der Waals surface area contributed by atoms with E-state index in [1.54, 1.807) is 34.6 Å². The maximum Gasteiger partial charge on any atom is 0.405 e. The van der Waals surface area contributed by atoms with Crippen LogP contribution in [0.25, 0.3) is 0 Å². The summed E-state index contributed by atoms with van der Waals surface area (Å²) in [6.45, 7) is 12.3. The van der Waals surface area contributed by atoms with Crippen molar-refractivity contribution in [3.8, 4) is 0 Å². The molecule has 6 atom stereocenters. The number of nitrogens with one attached hydrogen (secondary N) is 5. The van der Waals surface area contributed by atoms with Crippen LogP contribution in [0.4, 0.5) is 4.79 Å². The topological polar surface area (TPSA) is 220 Å². The molecular formula is C32H53N5O9S. The standard InChI is InChI=1S/C32H53N5O9S/c1-18(2)14-23(34-29(40)24(17-47(8,45)46)35-31(42)27(20(5)6)37-32(43)44)25(38)15-21(7)28(39)36-26(19(3)4)30(41)33-16-22-12-10-9-11-13-22/h9-13,18-21,23-27,37-38H,14-17H2,1-8H3,(H,33,41)(H,34,40)(H,35,42)(H,36,39)(H,43,44)/t21-,23+,24+,25+,26+,27+/m1/s1. The predicted octanol–water partition coefficient (Wildman–Crippen LogP) is 1.18. The van der Waals surface area contributed by atoms with E-state index in [2.05, 4.69) is 26.6 Å². The van der Waals surface area contributed by atoms with E-state index in [0.29, 0.717) is 6.54 Å². The molecule has 0 aliphatic heterocycles. The molecule has 0 heterocycles. The van der Waals surface area contributed by atoms with Crippen molar-refractivity contribution < 1.29 is 42.6 Å². The summed E-state index contributed by atoms with van der Waals surface area (Å²) in [6.07, 6.45) is -1.66. The van der Waals surface area contributed by atoms with Crippen LogP contribution in [0.1, 0.15) is 66.9 Å². The molecule has 0 bridgehead atoms. The average molecular weight is 684 g/mol. The molecule has 0 aliphatic carbocycles. The van der Waals surface area contributed by atoms with Crippen LogP contribution in [0.2, 0.25) is 0 Å². The van der Waals surface area contributed by atoms with Gasteiger partial charge in [0.1, 0.15) is 28.0 Å². The van der Waals surface area contributed by atoms with Gasteiger partial charge in [0.25, 0.3) is 0 Å². The van der Waals surface area contributed by atoms with Crippen molar-refractivity contribution in [2.75, 3.05) is 12.0 Å². The predicted molar refractivity (Wildman–Crippen MR) is 178 cm³/mol. The lowest BCUT2D eigenvalue weighted by Gasteiger charge is -2.30. The van der Waals surface area contributed by atoms with Crippen LogP contribution in [0.3, 0.4) is 0 Å². The van der Waals surface area contributed by atoms with E-state index in [-0.39, 0.29) is 30.6 Å². The number of rotatable bonds is 19. The van der Waals surface area contributed by atoms with Gasteiger partial charge in [0, 0.05) is 18.7 Å². The van der Waals surface area contributed by atoms with Crippen LogP contribution >= 0.6 is 0 Å². The molecule has 0 saturated heterocycles. The summed E-state index contributed by atoms with van der Waals surface area (Å²) in [5, 5.41) is 32.9. The minimum atomic E-state index is -3.80. The quantitative estimate of drug-likeness (QED) is 0.111. The fraction of sp³-hybridized carbons (Fsp3) is 0.656. The summed E-state index contributed by atoms with van der Waals surface area (Å²) in [7, 11) is -3.80. The molecule has 5 amide bonds. The van der Waals surface area contributed by atoms with E-state index in [4.69, 9.17) is 5.11 Å². The number of carbonyl (C=O) groups excluding carboxylic acids is 4.